The normalized spacial score (nSPS) is 29.1. The number of nitrogens with zero attached hydrogens (tertiary/aromatic N) is 3. The molecule has 0 spiro atoms. The quantitative estimate of drug-likeness (QED) is 0.475. The topological polar surface area (TPSA) is 55.9 Å². The highest BCUT2D eigenvalue weighted by atomic mass is 35.5. The van der Waals surface area contributed by atoms with E-state index < -0.39 is 0 Å². The monoisotopic (exact) mass is 516 g/mol. The third kappa shape index (κ3) is 3.82. The fourth-order valence-corrected chi connectivity index (χ4v) is 6.94. The minimum Gasteiger partial charge on any atom is -0.364 e. The van der Waals surface area contributed by atoms with Crippen LogP contribution in [0.5, 0.6) is 0 Å². The van der Waals surface area contributed by atoms with Gasteiger partial charge in [0.25, 0.3) is 0 Å². The van der Waals surface area contributed by atoms with Crippen molar-refractivity contribution in [1.82, 2.24) is 15.1 Å². The number of fused-ring (bicyclic) bond motifs is 3. The van der Waals surface area contributed by atoms with Gasteiger partial charge in [-0.25, -0.2) is 0 Å². The number of anilines is 1. The summed E-state index contributed by atoms with van der Waals surface area (Å²) < 4.78 is 0. The van der Waals surface area contributed by atoms with Crippen molar-refractivity contribution in [2.75, 3.05) is 18.0 Å². The van der Waals surface area contributed by atoms with Crippen molar-refractivity contribution in [3.8, 4) is 0 Å². The smallest absolute Gasteiger partial charge is 0.243 e. The van der Waals surface area contributed by atoms with Crippen LogP contribution in [0.15, 0.2) is 36.4 Å². The standard InChI is InChI=1S/C25H26Cl2N4O2S/c26-19-2-1-3-20(23(19)27)30-13-16-9-17(30)12-29(16)10-14-4-5-15-11-31(25(34)18(15)8-14)21-6-7-22(32)28-24(21)33/h1-5,8,16-17,21,25,34H,6-7,9-13H2,(H,28,32,33)/t16-,17-,21?,25?/m0/s1. The van der Waals surface area contributed by atoms with Crippen LogP contribution < -0.4 is 10.2 Å². The van der Waals surface area contributed by atoms with E-state index in [0.717, 1.165) is 31.7 Å². The highest BCUT2D eigenvalue weighted by Gasteiger charge is 2.44. The van der Waals surface area contributed by atoms with Crippen molar-refractivity contribution < 1.29 is 9.59 Å². The molecule has 3 saturated heterocycles. The number of imide groups is 1. The third-order valence-electron chi connectivity index (χ3n) is 7.75. The van der Waals surface area contributed by atoms with E-state index in [-0.39, 0.29) is 23.2 Å². The Kier molecular flexibility index (Phi) is 5.81. The SMILES string of the molecule is O=C1CCC(N2Cc3ccc(CN4C[C@@H]5C[C@H]4CN5c4cccc(Cl)c4Cl)cc3C2S)C(=O)N1. The van der Waals surface area contributed by atoms with Crippen molar-refractivity contribution in [3.05, 3.63) is 63.1 Å². The predicted molar refractivity (Wildman–Crippen MR) is 136 cm³/mol. The largest absolute Gasteiger partial charge is 0.364 e. The van der Waals surface area contributed by atoms with Crippen LogP contribution in [0.2, 0.25) is 10.0 Å². The van der Waals surface area contributed by atoms with Crippen LogP contribution in [0.25, 0.3) is 0 Å². The third-order valence-corrected chi connectivity index (χ3v) is 9.13. The van der Waals surface area contributed by atoms with Gasteiger partial charge in [0.1, 0.15) is 0 Å². The Hall–Kier alpha value is -1.77. The fraction of sp³-hybridized carbons (Fsp3) is 0.440. The van der Waals surface area contributed by atoms with Crippen LogP contribution in [-0.2, 0) is 22.7 Å². The molecule has 4 atom stereocenters. The number of hydrogen-bond acceptors (Lipinski definition) is 6. The Morgan fingerprint density at radius 1 is 1.09 bits per heavy atom. The van der Waals surface area contributed by atoms with Gasteiger partial charge in [-0.3, -0.25) is 24.7 Å². The summed E-state index contributed by atoms with van der Waals surface area (Å²) in [7, 11) is 0. The second-order valence-corrected chi connectivity index (χ2v) is 11.0. The Balaban J connectivity index is 1.13. The molecule has 4 aliphatic heterocycles. The van der Waals surface area contributed by atoms with Crippen LogP contribution in [0.1, 0.15) is 41.3 Å². The van der Waals surface area contributed by atoms with Gasteiger partial charge in [-0.2, -0.15) is 12.6 Å². The Morgan fingerprint density at radius 2 is 1.94 bits per heavy atom. The van der Waals surface area contributed by atoms with Gasteiger partial charge in [0, 0.05) is 44.7 Å². The zero-order valence-electron chi connectivity index (χ0n) is 18.6. The van der Waals surface area contributed by atoms with E-state index in [2.05, 4.69) is 44.3 Å². The second kappa shape index (κ2) is 8.71. The number of thiol groups is 1. The molecule has 2 aromatic carbocycles. The van der Waals surface area contributed by atoms with E-state index in [0.29, 0.717) is 41.5 Å². The van der Waals surface area contributed by atoms with Gasteiger partial charge in [-0.1, -0.05) is 47.5 Å². The number of nitrogens with one attached hydrogen (secondary N) is 1. The lowest BCUT2D eigenvalue weighted by molar-refractivity contribution is -0.137. The van der Waals surface area contributed by atoms with Crippen LogP contribution in [0, 0.1) is 0 Å². The molecule has 178 valence electrons. The molecule has 3 fully saturated rings. The number of carbonyl (C=O) groups is 2. The molecule has 0 radical (unpaired) electrons. The molecule has 6 nitrogen and oxygen atoms in total. The number of likely N-dealkylation sites (tertiary alicyclic amines) is 1. The zero-order valence-corrected chi connectivity index (χ0v) is 21.0. The average Bonchev–Trinajstić information content (AvgIpc) is 3.49. The zero-order chi connectivity index (χ0) is 23.6. The highest BCUT2D eigenvalue weighted by Crippen LogP contribution is 2.42. The van der Waals surface area contributed by atoms with Crippen LogP contribution >= 0.6 is 35.8 Å². The summed E-state index contributed by atoms with van der Waals surface area (Å²) in [5, 5.41) is 3.57. The molecular formula is C25H26Cl2N4O2S. The van der Waals surface area contributed by atoms with Gasteiger partial charge >= 0.3 is 0 Å². The lowest BCUT2D eigenvalue weighted by Crippen LogP contribution is -2.51. The van der Waals surface area contributed by atoms with Crippen molar-refractivity contribution in [3.63, 3.8) is 0 Å². The molecule has 2 unspecified atom stereocenters. The van der Waals surface area contributed by atoms with Crippen LogP contribution in [-0.4, -0.2) is 52.8 Å². The van der Waals surface area contributed by atoms with Crippen molar-refractivity contribution >= 4 is 53.3 Å². The number of amides is 2. The summed E-state index contributed by atoms with van der Waals surface area (Å²) in [5.41, 5.74) is 4.67. The molecule has 4 aliphatic rings. The van der Waals surface area contributed by atoms with Crippen molar-refractivity contribution in [2.45, 2.75) is 55.9 Å². The minimum atomic E-state index is -0.310. The van der Waals surface area contributed by atoms with Gasteiger partial charge in [0.15, 0.2) is 0 Å². The summed E-state index contributed by atoms with van der Waals surface area (Å²) in [5.74, 6) is -0.396. The Labute approximate surface area is 214 Å². The average molecular weight is 517 g/mol. The maximum absolute atomic E-state index is 12.4. The van der Waals surface area contributed by atoms with Gasteiger partial charge < -0.3 is 4.90 Å². The van der Waals surface area contributed by atoms with E-state index in [1.165, 1.54) is 16.7 Å². The maximum atomic E-state index is 12.4. The summed E-state index contributed by atoms with van der Waals surface area (Å²) in [6.45, 7) is 3.52. The molecule has 4 heterocycles. The number of piperidine rings is 1. The lowest BCUT2D eigenvalue weighted by Gasteiger charge is -2.36. The molecule has 2 amide bonds. The van der Waals surface area contributed by atoms with E-state index >= 15 is 0 Å². The van der Waals surface area contributed by atoms with Crippen molar-refractivity contribution in [2.24, 2.45) is 0 Å². The molecule has 2 bridgehead atoms. The summed E-state index contributed by atoms with van der Waals surface area (Å²) in [4.78, 5) is 31.0. The molecule has 0 aromatic heterocycles. The van der Waals surface area contributed by atoms with E-state index in [9.17, 15) is 9.59 Å². The molecular weight excluding hydrogens is 491 g/mol. The summed E-state index contributed by atoms with van der Waals surface area (Å²) in [6.07, 6.45) is 2.06. The molecule has 6 rings (SSSR count). The highest BCUT2D eigenvalue weighted by molar-refractivity contribution is 7.80. The van der Waals surface area contributed by atoms with Crippen molar-refractivity contribution in [1.29, 1.82) is 0 Å². The minimum absolute atomic E-state index is 0.144. The van der Waals surface area contributed by atoms with Gasteiger partial charge in [-0.15, -0.1) is 0 Å². The lowest BCUT2D eigenvalue weighted by atomic mass is 10.0. The Morgan fingerprint density at radius 3 is 2.71 bits per heavy atom. The number of rotatable bonds is 4. The fourth-order valence-electron chi connectivity index (χ4n) is 6.05. The number of halogens is 2. The molecule has 0 aliphatic carbocycles. The first-order chi connectivity index (χ1) is 16.4. The van der Waals surface area contributed by atoms with Crippen LogP contribution in [0.3, 0.4) is 0 Å². The first-order valence-corrected chi connectivity index (χ1v) is 13.0. The second-order valence-electron chi connectivity index (χ2n) is 9.74. The van der Waals surface area contributed by atoms with Gasteiger partial charge in [0.2, 0.25) is 11.8 Å². The van der Waals surface area contributed by atoms with Gasteiger partial charge in [-0.05, 0) is 41.7 Å². The first kappa shape index (κ1) is 22.7. The molecule has 9 heteroatoms. The molecule has 0 saturated carbocycles. The van der Waals surface area contributed by atoms with Crippen LogP contribution in [0.4, 0.5) is 5.69 Å². The molecule has 1 N–H and O–H groups in total. The summed E-state index contributed by atoms with van der Waals surface area (Å²) >= 11 is 17.6. The number of benzene rings is 2. The van der Waals surface area contributed by atoms with Gasteiger partial charge in [0.05, 0.1) is 27.1 Å². The predicted octanol–water partition coefficient (Wildman–Crippen LogP) is 4.01. The Bertz CT molecular complexity index is 1180. The molecule has 34 heavy (non-hydrogen) atoms. The first-order valence-electron chi connectivity index (χ1n) is 11.7. The number of carbonyl (C=O) groups excluding carboxylic acids is 2. The maximum Gasteiger partial charge on any atom is 0.243 e. The molecule has 2 aromatic rings. The van der Waals surface area contributed by atoms with E-state index in [1.54, 1.807) is 0 Å². The number of piperazine rings is 1. The summed E-state index contributed by atoms with van der Waals surface area (Å²) in [6, 6.07) is 13.1. The van der Waals surface area contributed by atoms with E-state index in [1.807, 2.05) is 12.1 Å². The van der Waals surface area contributed by atoms with E-state index in [4.69, 9.17) is 35.8 Å². The number of hydrogen-bond donors (Lipinski definition) is 2.